The molecule has 0 fully saturated rings. The lowest BCUT2D eigenvalue weighted by molar-refractivity contribution is 1.18. The molecule has 4 heterocycles. The number of thiophene rings is 2. The van der Waals surface area contributed by atoms with Gasteiger partial charge in [0.15, 0.2) is 0 Å². The summed E-state index contributed by atoms with van der Waals surface area (Å²) in [5.74, 6) is 0. The molecule has 5 heteroatoms. The lowest BCUT2D eigenvalue weighted by Crippen LogP contribution is -1.94. The zero-order valence-corrected chi connectivity index (χ0v) is 31.0. The number of para-hydroxylation sites is 2. The van der Waals surface area contributed by atoms with Gasteiger partial charge in [-0.3, -0.25) is 0 Å². The second kappa shape index (κ2) is 11.9. The first-order valence-electron chi connectivity index (χ1n) is 18.5. The van der Waals surface area contributed by atoms with Gasteiger partial charge in [0.25, 0.3) is 0 Å². The third-order valence-electron chi connectivity index (χ3n) is 11.0. The van der Waals surface area contributed by atoms with Crippen molar-refractivity contribution in [1.82, 2.24) is 14.5 Å². The Labute approximate surface area is 324 Å². The Bertz CT molecular complexity index is 3460. The molecule has 12 aromatic rings. The van der Waals surface area contributed by atoms with Crippen LogP contribution in [0.2, 0.25) is 0 Å². The molecular formula is C50H29N3S2. The fraction of sp³-hybridized carbons (Fsp3) is 0. The van der Waals surface area contributed by atoms with E-state index in [1.54, 1.807) is 11.3 Å². The molecule has 3 nitrogen and oxygen atoms in total. The van der Waals surface area contributed by atoms with Crippen molar-refractivity contribution in [2.45, 2.75) is 0 Å². The van der Waals surface area contributed by atoms with Gasteiger partial charge >= 0.3 is 0 Å². The minimum atomic E-state index is 0.899. The standard InChI is InChI=1S/C50H29N3S2/c1-4-19-44-37(14-1)38-15-2-5-20-45(38)53(44)35-13-8-11-31(27-35)33-22-24-42-43(29-33)51-48-41-28-32(23-25-47(41)55-50(48)52-42)30-10-7-12-34(26-30)36-17-9-18-40-39-16-3-6-21-46(39)54-49(36)40/h1-29H. The lowest BCUT2D eigenvalue weighted by atomic mass is 9.97. The van der Waals surface area contributed by atoms with E-state index < -0.39 is 0 Å². The number of fused-ring (bicyclic) bond motifs is 10. The van der Waals surface area contributed by atoms with Crippen molar-refractivity contribution in [3.63, 3.8) is 0 Å². The van der Waals surface area contributed by atoms with E-state index in [0.29, 0.717) is 0 Å². The van der Waals surface area contributed by atoms with Gasteiger partial charge in [-0.25, -0.2) is 9.97 Å². The Morgan fingerprint density at radius 3 is 1.87 bits per heavy atom. The van der Waals surface area contributed by atoms with E-state index in [2.05, 4.69) is 180 Å². The summed E-state index contributed by atoms with van der Waals surface area (Å²) in [6.07, 6.45) is 0. The summed E-state index contributed by atoms with van der Waals surface area (Å²) >= 11 is 3.59. The predicted molar refractivity (Wildman–Crippen MR) is 236 cm³/mol. The minimum Gasteiger partial charge on any atom is -0.309 e. The van der Waals surface area contributed by atoms with Crippen LogP contribution in [0.1, 0.15) is 0 Å². The molecule has 8 aromatic carbocycles. The van der Waals surface area contributed by atoms with Crippen LogP contribution in [0.15, 0.2) is 176 Å². The van der Waals surface area contributed by atoms with Gasteiger partial charge < -0.3 is 4.57 Å². The first-order chi connectivity index (χ1) is 27.2. The molecule has 0 aliphatic rings. The van der Waals surface area contributed by atoms with Gasteiger partial charge in [0.2, 0.25) is 0 Å². The molecule has 0 saturated heterocycles. The summed E-state index contributed by atoms with van der Waals surface area (Å²) in [5, 5.41) is 6.31. The summed E-state index contributed by atoms with van der Waals surface area (Å²) in [6, 6.07) is 63.7. The molecule has 0 aliphatic carbocycles. The molecule has 0 amide bonds. The first-order valence-corrected chi connectivity index (χ1v) is 20.1. The molecule has 0 atom stereocenters. The largest absolute Gasteiger partial charge is 0.309 e. The number of hydrogen-bond acceptors (Lipinski definition) is 4. The summed E-state index contributed by atoms with van der Waals surface area (Å²) in [5.41, 5.74) is 13.4. The molecule has 55 heavy (non-hydrogen) atoms. The van der Waals surface area contributed by atoms with Crippen molar-refractivity contribution < 1.29 is 0 Å². The topological polar surface area (TPSA) is 30.7 Å². The van der Waals surface area contributed by atoms with Gasteiger partial charge in [-0.2, -0.15) is 0 Å². The van der Waals surface area contributed by atoms with Crippen LogP contribution in [0.25, 0.3) is 113 Å². The SMILES string of the molecule is c1cc(-c2ccc3sc4nc5ccc(-c6cccc(-n7c8ccccc8c8ccccc87)c6)cc5nc4c3c2)cc(-c2cccc3c2sc2ccccc23)c1. The quantitative estimate of drug-likeness (QED) is 0.180. The molecule has 0 bridgehead atoms. The van der Waals surface area contributed by atoms with E-state index in [1.165, 1.54) is 68.9 Å². The highest BCUT2D eigenvalue weighted by Crippen LogP contribution is 2.42. The van der Waals surface area contributed by atoms with Crippen LogP contribution >= 0.6 is 22.7 Å². The van der Waals surface area contributed by atoms with Crippen LogP contribution < -0.4 is 0 Å². The van der Waals surface area contributed by atoms with Gasteiger partial charge in [0, 0.05) is 46.7 Å². The average molecular weight is 736 g/mol. The lowest BCUT2D eigenvalue weighted by Gasteiger charge is -2.11. The van der Waals surface area contributed by atoms with Crippen LogP contribution in [0, 0.1) is 0 Å². The molecule has 0 radical (unpaired) electrons. The van der Waals surface area contributed by atoms with E-state index in [-0.39, 0.29) is 0 Å². The number of aromatic nitrogens is 3. The third kappa shape index (κ3) is 4.80. The number of rotatable bonds is 4. The Morgan fingerprint density at radius 2 is 1.02 bits per heavy atom. The zero-order valence-electron chi connectivity index (χ0n) is 29.4. The van der Waals surface area contributed by atoms with Crippen molar-refractivity contribution in [3.05, 3.63) is 176 Å². The molecule has 0 spiro atoms. The Hall–Kier alpha value is -6.66. The van der Waals surface area contributed by atoms with Crippen molar-refractivity contribution in [3.8, 4) is 39.1 Å². The van der Waals surface area contributed by atoms with Crippen molar-refractivity contribution >= 4 is 96.1 Å². The van der Waals surface area contributed by atoms with Crippen molar-refractivity contribution in [2.75, 3.05) is 0 Å². The molecule has 12 rings (SSSR count). The summed E-state index contributed by atoms with van der Waals surface area (Å²) in [6.45, 7) is 0. The maximum atomic E-state index is 5.31. The fourth-order valence-electron chi connectivity index (χ4n) is 8.42. The van der Waals surface area contributed by atoms with E-state index in [9.17, 15) is 0 Å². The van der Waals surface area contributed by atoms with Gasteiger partial charge in [-0.05, 0) is 94.0 Å². The molecule has 0 saturated carbocycles. The van der Waals surface area contributed by atoms with E-state index in [4.69, 9.17) is 9.97 Å². The molecule has 4 aromatic heterocycles. The summed E-state index contributed by atoms with van der Waals surface area (Å²) in [7, 11) is 0. The maximum absolute atomic E-state index is 5.31. The van der Waals surface area contributed by atoms with E-state index in [1.807, 2.05) is 11.3 Å². The molecule has 0 unspecified atom stereocenters. The predicted octanol–water partition coefficient (Wildman–Crippen LogP) is 14.5. The van der Waals surface area contributed by atoms with Gasteiger partial charge in [-0.15, -0.1) is 22.7 Å². The maximum Gasteiger partial charge on any atom is 0.143 e. The molecule has 0 N–H and O–H groups in total. The summed E-state index contributed by atoms with van der Waals surface area (Å²) < 4.78 is 6.22. The third-order valence-corrected chi connectivity index (χ3v) is 13.3. The van der Waals surface area contributed by atoms with Crippen molar-refractivity contribution in [2.24, 2.45) is 0 Å². The van der Waals surface area contributed by atoms with Crippen LogP contribution in [0.3, 0.4) is 0 Å². The number of nitrogens with zero attached hydrogens (tertiary/aromatic N) is 3. The van der Waals surface area contributed by atoms with Gasteiger partial charge in [0.1, 0.15) is 10.3 Å². The van der Waals surface area contributed by atoms with E-state index in [0.717, 1.165) is 43.6 Å². The number of hydrogen-bond donors (Lipinski definition) is 0. The Balaban J connectivity index is 0.946. The Kier molecular flexibility index (Phi) is 6.67. The minimum absolute atomic E-state index is 0.899. The second-order valence-corrected chi connectivity index (χ2v) is 16.3. The highest BCUT2D eigenvalue weighted by Gasteiger charge is 2.16. The van der Waals surface area contributed by atoms with Crippen LogP contribution in [-0.2, 0) is 0 Å². The van der Waals surface area contributed by atoms with Crippen LogP contribution in [-0.4, -0.2) is 14.5 Å². The average Bonchev–Trinajstić information content (AvgIpc) is 3.92. The smallest absolute Gasteiger partial charge is 0.143 e. The van der Waals surface area contributed by atoms with Gasteiger partial charge in [-0.1, -0.05) is 115 Å². The molecule has 256 valence electrons. The van der Waals surface area contributed by atoms with Crippen LogP contribution in [0.5, 0.6) is 0 Å². The molecular weight excluding hydrogens is 707 g/mol. The Morgan fingerprint density at radius 1 is 0.382 bits per heavy atom. The second-order valence-electron chi connectivity index (χ2n) is 14.2. The van der Waals surface area contributed by atoms with Gasteiger partial charge in [0.05, 0.1) is 22.1 Å². The van der Waals surface area contributed by atoms with Crippen molar-refractivity contribution in [1.29, 1.82) is 0 Å². The highest BCUT2D eigenvalue weighted by atomic mass is 32.1. The number of benzene rings is 8. The zero-order chi connectivity index (χ0) is 36.0. The summed E-state index contributed by atoms with van der Waals surface area (Å²) in [4.78, 5) is 11.4. The highest BCUT2D eigenvalue weighted by molar-refractivity contribution is 7.26. The molecule has 0 aliphatic heterocycles. The first kappa shape index (κ1) is 30.8. The monoisotopic (exact) mass is 735 g/mol. The fourth-order valence-corrected chi connectivity index (χ4v) is 10.7. The normalized spacial score (nSPS) is 12.0. The van der Waals surface area contributed by atoms with Crippen LogP contribution in [0.4, 0.5) is 0 Å². The van der Waals surface area contributed by atoms with E-state index >= 15 is 0 Å².